The van der Waals surface area contributed by atoms with Gasteiger partial charge in [0, 0.05) is 5.38 Å². The molecule has 0 spiro atoms. The molecule has 2 rings (SSSR count). The quantitative estimate of drug-likeness (QED) is 0.826. The topological polar surface area (TPSA) is 24.9 Å². The number of hydrogen-bond acceptors (Lipinski definition) is 3. The molecule has 1 aliphatic rings. The summed E-state index contributed by atoms with van der Waals surface area (Å²) in [6.45, 7) is 3.39. The number of nitrogens with zero attached hydrogens (tertiary/aromatic N) is 1. The number of nitrogens with one attached hydrogen (secondary N) is 1. The van der Waals surface area contributed by atoms with Crippen LogP contribution in [0.15, 0.2) is 5.38 Å². The molecule has 1 unspecified atom stereocenters. The molecule has 0 radical (unpaired) electrons. The average molecular weight is 210 g/mol. The highest BCUT2D eigenvalue weighted by Crippen LogP contribution is 2.24. The van der Waals surface area contributed by atoms with Crippen LogP contribution in [-0.2, 0) is 6.42 Å². The lowest BCUT2D eigenvalue weighted by molar-refractivity contribution is 0.628. The van der Waals surface area contributed by atoms with Gasteiger partial charge in [-0.15, -0.1) is 11.3 Å². The van der Waals surface area contributed by atoms with Crippen LogP contribution in [-0.4, -0.2) is 11.5 Å². The second-order valence-corrected chi connectivity index (χ2v) is 4.86. The average Bonchev–Trinajstić information content (AvgIpc) is 2.85. The van der Waals surface area contributed by atoms with E-state index in [-0.39, 0.29) is 0 Å². The molecule has 2 heterocycles. The maximum absolute atomic E-state index is 4.69. The third kappa shape index (κ3) is 2.34. The minimum atomic E-state index is 0.543. The van der Waals surface area contributed by atoms with Crippen molar-refractivity contribution >= 4 is 11.3 Å². The predicted octanol–water partition coefficient (Wildman–Crippen LogP) is 2.91. The molecular formula is C11H18N2S. The van der Waals surface area contributed by atoms with Crippen LogP contribution in [0.5, 0.6) is 0 Å². The van der Waals surface area contributed by atoms with Crippen molar-refractivity contribution in [3.63, 3.8) is 0 Å². The molecule has 0 saturated carbocycles. The molecule has 1 saturated heterocycles. The van der Waals surface area contributed by atoms with Crippen molar-refractivity contribution in [2.24, 2.45) is 0 Å². The fraction of sp³-hybridized carbons (Fsp3) is 0.727. The van der Waals surface area contributed by atoms with Gasteiger partial charge in [-0.05, 0) is 32.2 Å². The van der Waals surface area contributed by atoms with Gasteiger partial charge in [0.1, 0.15) is 0 Å². The Bertz CT molecular complexity index is 277. The van der Waals surface area contributed by atoms with Gasteiger partial charge < -0.3 is 5.32 Å². The fourth-order valence-electron chi connectivity index (χ4n) is 1.86. The monoisotopic (exact) mass is 210 g/mol. The molecule has 1 N–H and O–H groups in total. The molecule has 1 atom stereocenters. The van der Waals surface area contributed by atoms with Crippen molar-refractivity contribution in [3.05, 3.63) is 16.1 Å². The summed E-state index contributed by atoms with van der Waals surface area (Å²) in [4.78, 5) is 4.69. The van der Waals surface area contributed by atoms with Crippen molar-refractivity contribution in [2.75, 3.05) is 6.54 Å². The van der Waals surface area contributed by atoms with Gasteiger partial charge in [-0.3, -0.25) is 0 Å². The Labute approximate surface area is 89.8 Å². The van der Waals surface area contributed by atoms with E-state index in [0.29, 0.717) is 6.04 Å². The highest BCUT2D eigenvalue weighted by atomic mass is 32.1. The number of aromatic nitrogens is 1. The normalized spacial score (nSPS) is 21.6. The van der Waals surface area contributed by atoms with Crippen molar-refractivity contribution in [1.29, 1.82) is 0 Å². The summed E-state index contributed by atoms with van der Waals surface area (Å²) in [7, 11) is 0. The molecule has 14 heavy (non-hydrogen) atoms. The van der Waals surface area contributed by atoms with Crippen LogP contribution in [0.3, 0.4) is 0 Å². The van der Waals surface area contributed by atoms with Gasteiger partial charge in [0.25, 0.3) is 0 Å². The molecule has 1 aromatic rings. The van der Waals surface area contributed by atoms with Crippen LogP contribution in [0, 0.1) is 0 Å². The van der Waals surface area contributed by atoms with E-state index in [4.69, 9.17) is 0 Å². The van der Waals surface area contributed by atoms with Crippen molar-refractivity contribution in [3.8, 4) is 0 Å². The molecule has 2 nitrogen and oxygen atoms in total. The van der Waals surface area contributed by atoms with Gasteiger partial charge >= 0.3 is 0 Å². The third-order valence-electron chi connectivity index (χ3n) is 2.73. The van der Waals surface area contributed by atoms with Crippen molar-refractivity contribution < 1.29 is 0 Å². The van der Waals surface area contributed by atoms with E-state index in [9.17, 15) is 0 Å². The smallest absolute Gasteiger partial charge is 0.0928 e. The lowest BCUT2D eigenvalue weighted by atomic mass is 10.2. The fourth-order valence-corrected chi connectivity index (χ4v) is 2.76. The van der Waals surface area contributed by atoms with E-state index in [1.165, 1.54) is 36.4 Å². The van der Waals surface area contributed by atoms with Gasteiger partial charge in [-0.1, -0.05) is 13.3 Å². The number of thiazole rings is 1. The largest absolute Gasteiger partial charge is 0.309 e. The van der Waals surface area contributed by atoms with Gasteiger partial charge in [0.15, 0.2) is 0 Å². The summed E-state index contributed by atoms with van der Waals surface area (Å²) in [5, 5.41) is 7.03. The van der Waals surface area contributed by atoms with Crippen LogP contribution in [0.4, 0.5) is 0 Å². The van der Waals surface area contributed by atoms with E-state index >= 15 is 0 Å². The number of unbranched alkanes of at least 4 members (excludes halogenated alkanes) is 1. The molecule has 1 aliphatic heterocycles. The summed E-state index contributed by atoms with van der Waals surface area (Å²) in [6.07, 6.45) is 6.25. The Morgan fingerprint density at radius 1 is 1.64 bits per heavy atom. The minimum Gasteiger partial charge on any atom is -0.309 e. The minimum absolute atomic E-state index is 0.543. The first kappa shape index (κ1) is 10.1. The molecular weight excluding hydrogens is 192 g/mol. The zero-order valence-electron chi connectivity index (χ0n) is 8.75. The number of rotatable bonds is 4. The molecule has 0 amide bonds. The molecule has 0 aliphatic carbocycles. The van der Waals surface area contributed by atoms with E-state index < -0.39 is 0 Å². The molecule has 78 valence electrons. The van der Waals surface area contributed by atoms with E-state index in [0.717, 1.165) is 13.0 Å². The summed E-state index contributed by atoms with van der Waals surface area (Å²) in [5.41, 5.74) is 1.28. The standard InChI is InChI=1S/C11H18N2S/c1-2-3-6-11-13-10(8-14-11)9-5-4-7-12-9/h8-9,12H,2-7H2,1H3. The molecule has 1 fully saturated rings. The Kier molecular flexibility index (Phi) is 3.54. The maximum atomic E-state index is 4.69. The summed E-state index contributed by atoms with van der Waals surface area (Å²) in [6, 6.07) is 0.543. The molecule has 0 bridgehead atoms. The maximum Gasteiger partial charge on any atom is 0.0928 e. The first-order chi connectivity index (χ1) is 6.90. The van der Waals surface area contributed by atoms with Gasteiger partial charge in [0.05, 0.1) is 16.7 Å². The summed E-state index contributed by atoms with van der Waals surface area (Å²) in [5.74, 6) is 0. The lowest BCUT2D eigenvalue weighted by Crippen LogP contribution is -2.13. The van der Waals surface area contributed by atoms with Crippen LogP contribution in [0.2, 0.25) is 0 Å². The van der Waals surface area contributed by atoms with Gasteiger partial charge in [-0.2, -0.15) is 0 Å². The summed E-state index contributed by atoms with van der Waals surface area (Å²) >= 11 is 1.83. The highest BCUT2D eigenvalue weighted by Gasteiger charge is 2.18. The SMILES string of the molecule is CCCCc1nc(C2CCCN2)cs1. The lowest BCUT2D eigenvalue weighted by Gasteiger charge is -2.04. The Morgan fingerprint density at radius 2 is 2.57 bits per heavy atom. The molecule has 0 aromatic carbocycles. The van der Waals surface area contributed by atoms with Gasteiger partial charge in [0.2, 0.25) is 0 Å². The number of aryl methyl sites for hydroxylation is 1. The van der Waals surface area contributed by atoms with Crippen LogP contribution >= 0.6 is 11.3 Å². The third-order valence-corrected chi connectivity index (χ3v) is 3.66. The van der Waals surface area contributed by atoms with E-state index in [2.05, 4.69) is 22.6 Å². The zero-order valence-corrected chi connectivity index (χ0v) is 9.57. The second-order valence-electron chi connectivity index (χ2n) is 3.92. The molecule has 3 heteroatoms. The second kappa shape index (κ2) is 4.89. The Morgan fingerprint density at radius 3 is 3.29 bits per heavy atom. The first-order valence-electron chi connectivity index (χ1n) is 5.58. The van der Waals surface area contributed by atoms with Crippen LogP contribution < -0.4 is 5.32 Å². The molecule has 1 aromatic heterocycles. The zero-order chi connectivity index (χ0) is 9.80. The van der Waals surface area contributed by atoms with E-state index in [1.807, 2.05) is 11.3 Å². The van der Waals surface area contributed by atoms with Crippen molar-refractivity contribution in [2.45, 2.75) is 45.1 Å². The van der Waals surface area contributed by atoms with Gasteiger partial charge in [-0.25, -0.2) is 4.98 Å². The Balaban J connectivity index is 1.94. The summed E-state index contributed by atoms with van der Waals surface area (Å²) < 4.78 is 0. The predicted molar refractivity (Wildman–Crippen MR) is 60.7 cm³/mol. The first-order valence-corrected chi connectivity index (χ1v) is 6.46. The van der Waals surface area contributed by atoms with Crippen LogP contribution in [0.1, 0.15) is 49.4 Å². The number of hydrogen-bond donors (Lipinski definition) is 1. The van der Waals surface area contributed by atoms with Crippen molar-refractivity contribution in [1.82, 2.24) is 10.3 Å². The Hall–Kier alpha value is -0.410. The highest BCUT2D eigenvalue weighted by molar-refractivity contribution is 7.09. The van der Waals surface area contributed by atoms with Crippen LogP contribution in [0.25, 0.3) is 0 Å². The van der Waals surface area contributed by atoms with E-state index in [1.54, 1.807) is 0 Å².